The number of hydrogen-bond donors (Lipinski definition) is 2. The van der Waals surface area contributed by atoms with Crippen molar-refractivity contribution in [2.24, 2.45) is 16.0 Å². The van der Waals surface area contributed by atoms with E-state index in [0.717, 1.165) is 0 Å². The van der Waals surface area contributed by atoms with Crippen LogP contribution in [-0.4, -0.2) is 27.4 Å². The maximum atomic E-state index is 10.6. The fourth-order valence-corrected chi connectivity index (χ4v) is 1.29. The predicted molar refractivity (Wildman–Crippen MR) is 46.4 cm³/mol. The zero-order valence-electron chi connectivity index (χ0n) is 7.29. The van der Waals surface area contributed by atoms with Crippen molar-refractivity contribution in [3.63, 3.8) is 0 Å². The molecule has 0 saturated carbocycles. The molecule has 0 fully saturated rings. The van der Waals surface area contributed by atoms with Crippen molar-refractivity contribution in [3.05, 3.63) is 11.8 Å². The molecule has 1 atom stereocenters. The van der Waals surface area contributed by atoms with E-state index in [4.69, 9.17) is 10.8 Å². The van der Waals surface area contributed by atoms with Gasteiger partial charge in [0.05, 0.1) is 0 Å². The molecule has 1 aromatic heterocycles. The van der Waals surface area contributed by atoms with Crippen LogP contribution in [0.4, 0.5) is 5.82 Å². The third kappa shape index (κ3) is 1.27. The summed E-state index contributed by atoms with van der Waals surface area (Å²) in [7, 11) is 0. The molecule has 74 valence electrons. The SMILES string of the molecule is NCCC1N=Nc2cc(C(=O)O)nn21. The summed E-state index contributed by atoms with van der Waals surface area (Å²) in [5.74, 6) is -0.588. The molecule has 0 amide bonds. The summed E-state index contributed by atoms with van der Waals surface area (Å²) in [6.07, 6.45) is 0.361. The van der Waals surface area contributed by atoms with E-state index in [1.165, 1.54) is 10.7 Å². The summed E-state index contributed by atoms with van der Waals surface area (Å²) >= 11 is 0. The highest BCUT2D eigenvalue weighted by Gasteiger charge is 2.23. The van der Waals surface area contributed by atoms with Gasteiger partial charge in [-0.3, -0.25) is 0 Å². The minimum atomic E-state index is -1.06. The Labute approximate surface area is 79.2 Å². The lowest BCUT2D eigenvalue weighted by atomic mass is 10.3. The molecule has 3 N–H and O–H groups in total. The first-order valence-corrected chi connectivity index (χ1v) is 4.16. The zero-order chi connectivity index (χ0) is 10.1. The second kappa shape index (κ2) is 3.18. The molecule has 1 aromatic rings. The van der Waals surface area contributed by atoms with Gasteiger partial charge in [-0.05, 0) is 6.54 Å². The Morgan fingerprint density at radius 3 is 3.14 bits per heavy atom. The molecule has 7 heteroatoms. The van der Waals surface area contributed by atoms with Crippen molar-refractivity contribution in [3.8, 4) is 0 Å². The van der Waals surface area contributed by atoms with E-state index in [1.807, 2.05) is 0 Å². The van der Waals surface area contributed by atoms with E-state index in [2.05, 4.69) is 15.3 Å². The second-order valence-corrected chi connectivity index (χ2v) is 2.91. The summed E-state index contributed by atoms with van der Waals surface area (Å²) in [6, 6.07) is 1.39. The van der Waals surface area contributed by atoms with Crippen LogP contribution in [0.3, 0.4) is 0 Å². The normalized spacial score (nSPS) is 18.5. The van der Waals surface area contributed by atoms with Gasteiger partial charge in [0.1, 0.15) is 0 Å². The van der Waals surface area contributed by atoms with Crippen molar-refractivity contribution >= 4 is 11.8 Å². The van der Waals surface area contributed by atoms with Crippen LogP contribution in [0, 0.1) is 0 Å². The number of azo groups is 1. The lowest BCUT2D eigenvalue weighted by molar-refractivity contribution is 0.0689. The molecule has 14 heavy (non-hydrogen) atoms. The van der Waals surface area contributed by atoms with Gasteiger partial charge in [-0.2, -0.15) is 10.2 Å². The number of rotatable bonds is 3. The minimum Gasteiger partial charge on any atom is -0.476 e. The molecule has 1 aliphatic heterocycles. The summed E-state index contributed by atoms with van der Waals surface area (Å²) in [4.78, 5) is 10.6. The number of carboxylic acids is 1. The van der Waals surface area contributed by atoms with Crippen LogP contribution in [0.5, 0.6) is 0 Å². The zero-order valence-corrected chi connectivity index (χ0v) is 7.29. The lowest BCUT2D eigenvalue weighted by Gasteiger charge is -2.04. The van der Waals surface area contributed by atoms with E-state index in [-0.39, 0.29) is 11.9 Å². The Balaban J connectivity index is 2.31. The summed E-state index contributed by atoms with van der Waals surface area (Å²) in [5.41, 5.74) is 5.36. The van der Waals surface area contributed by atoms with Crippen LogP contribution in [0.1, 0.15) is 23.1 Å². The van der Waals surface area contributed by atoms with Crippen molar-refractivity contribution in [1.82, 2.24) is 9.78 Å². The van der Waals surface area contributed by atoms with Gasteiger partial charge in [0.15, 0.2) is 17.7 Å². The van der Waals surface area contributed by atoms with Gasteiger partial charge >= 0.3 is 5.97 Å². The van der Waals surface area contributed by atoms with Crippen molar-refractivity contribution < 1.29 is 9.90 Å². The highest BCUT2D eigenvalue weighted by molar-refractivity contribution is 5.86. The average molecular weight is 195 g/mol. The molecule has 0 spiro atoms. The molecular formula is C7H9N5O2. The van der Waals surface area contributed by atoms with Gasteiger partial charge in [0, 0.05) is 12.5 Å². The number of aromatic nitrogens is 2. The molecule has 1 aliphatic rings. The van der Waals surface area contributed by atoms with E-state index in [1.54, 1.807) is 0 Å². The molecule has 0 radical (unpaired) electrons. The molecular weight excluding hydrogens is 186 g/mol. The van der Waals surface area contributed by atoms with Crippen molar-refractivity contribution in [1.29, 1.82) is 0 Å². The van der Waals surface area contributed by atoms with Crippen molar-refractivity contribution in [2.45, 2.75) is 12.6 Å². The lowest BCUT2D eigenvalue weighted by Crippen LogP contribution is -2.11. The Morgan fingerprint density at radius 2 is 2.50 bits per heavy atom. The quantitative estimate of drug-likeness (QED) is 0.733. The largest absolute Gasteiger partial charge is 0.476 e. The molecule has 0 aliphatic carbocycles. The third-order valence-electron chi connectivity index (χ3n) is 1.94. The Bertz CT molecular complexity index is 397. The molecule has 0 bridgehead atoms. The van der Waals surface area contributed by atoms with Crippen LogP contribution in [0.25, 0.3) is 0 Å². The van der Waals surface area contributed by atoms with Gasteiger partial charge in [0.25, 0.3) is 0 Å². The second-order valence-electron chi connectivity index (χ2n) is 2.91. The minimum absolute atomic E-state index is 0.0133. The number of hydrogen-bond acceptors (Lipinski definition) is 5. The Kier molecular flexibility index (Phi) is 2.01. The monoisotopic (exact) mass is 195 g/mol. The topological polar surface area (TPSA) is 106 Å². The van der Waals surface area contributed by atoms with Crippen LogP contribution >= 0.6 is 0 Å². The number of aromatic carboxylic acids is 1. The first-order valence-electron chi connectivity index (χ1n) is 4.16. The summed E-state index contributed by atoms with van der Waals surface area (Å²) in [5, 5.41) is 20.3. The standard InChI is InChI=1S/C7H9N5O2/c8-2-1-5-9-10-6-3-4(7(13)14)11-12(5)6/h3,5H,1-2,8H2,(H,13,14). The molecule has 2 rings (SSSR count). The van der Waals surface area contributed by atoms with Gasteiger partial charge < -0.3 is 10.8 Å². The maximum absolute atomic E-state index is 10.6. The predicted octanol–water partition coefficient (Wildman–Crippen LogP) is 0.526. The number of nitrogens with zero attached hydrogens (tertiary/aromatic N) is 4. The summed E-state index contributed by atoms with van der Waals surface area (Å²) < 4.78 is 1.48. The number of carboxylic acid groups (broad SMARTS) is 1. The van der Waals surface area contributed by atoms with Crippen LogP contribution in [-0.2, 0) is 0 Å². The Morgan fingerprint density at radius 1 is 1.71 bits per heavy atom. The number of fused-ring (bicyclic) bond motifs is 1. The first-order chi connectivity index (χ1) is 6.72. The average Bonchev–Trinajstić information content (AvgIpc) is 2.67. The van der Waals surface area contributed by atoms with E-state index >= 15 is 0 Å². The number of carbonyl (C=O) groups is 1. The van der Waals surface area contributed by atoms with Crippen LogP contribution in [0.15, 0.2) is 16.3 Å². The van der Waals surface area contributed by atoms with E-state index in [9.17, 15) is 4.79 Å². The maximum Gasteiger partial charge on any atom is 0.356 e. The van der Waals surface area contributed by atoms with Crippen LogP contribution < -0.4 is 5.73 Å². The smallest absolute Gasteiger partial charge is 0.356 e. The molecule has 7 nitrogen and oxygen atoms in total. The molecule has 2 heterocycles. The first kappa shape index (κ1) is 8.82. The highest BCUT2D eigenvalue weighted by Crippen LogP contribution is 2.29. The van der Waals surface area contributed by atoms with Gasteiger partial charge in [0.2, 0.25) is 0 Å². The third-order valence-corrected chi connectivity index (χ3v) is 1.94. The van der Waals surface area contributed by atoms with Gasteiger partial charge in [-0.25, -0.2) is 9.48 Å². The molecule has 0 saturated heterocycles. The van der Waals surface area contributed by atoms with E-state index < -0.39 is 5.97 Å². The van der Waals surface area contributed by atoms with Crippen LogP contribution in [0.2, 0.25) is 0 Å². The van der Waals surface area contributed by atoms with E-state index in [0.29, 0.717) is 18.8 Å². The highest BCUT2D eigenvalue weighted by atomic mass is 16.4. The fraction of sp³-hybridized carbons (Fsp3) is 0.429. The Hall–Kier alpha value is -1.76. The molecule has 0 aromatic carbocycles. The number of nitrogens with two attached hydrogens (primary N) is 1. The summed E-state index contributed by atoms with van der Waals surface area (Å²) in [6.45, 7) is 0.464. The molecule has 1 unspecified atom stereocenters. The van der Waals surface area contributed by atoms with Gasteiger partial charge in [-0.15, -0.1) is 5.11 Å². The fourth-order valence-electron chi connectivity index (χ4n) is 1.29. The van der Waals surface area contributed by atoms with Crippen molar-refractivity contribution in [2.75, 3.05) is 6.54 Å². The van der Waals surface area contributed by atoms with Gasteiger partial charge in [-0.1, -0.05) is 0 Å².